The summed E-state index contributed by atoms with van der Waals surface area (Å²) in [6, 6.07) is 8.73. The molecule has 4 heterocycles. The number of fused-ring (bicyclic) bond motifs is 2. The normalized spacial score (nSPS) is 17.9. The number of carbonyl (C=O) groups is 3. The Kier molecular flexibility index (Phi) is 8.30. The van der Waals surface area contributed by atoms with Crippen LogP contribution in [0.1, 0.15) is 52.3 Å². The molecule has 2 aliphatic rings. The summed E-state index contributed by atoms with van der Waals surface area (Å²) < 4.78 is 38.5. The van der Waals surface area contributed by atoms with Crippen molar-refractivity contribution in [3.63, 3.8) is 0 Å². The molecule has 3 aromatic rings. The minimum absolute atomic E-state index is 0.0229. The number of rotatable bonds is 7. The van der Waals surface area contributed by atoms with E-state index in [2.05, 4.69) is 20.6 Å². The van der Waals surface area contributed by atoms with Crippen LogP contribution < -0.4 is 10.6 Å². The molecule has 0 unspecified atom stereocenters. The Morgan fingerprint density at radius 2 is 1.98 bits per heavy atom. The molecule has 1 fully saturated rings. The van der Waals surface area contributed by atoms with E-state index in [1.165, 1.54) is 6.07 Å². The van der Waals surface area contributed by atoms with Crippen LogP contribution in [0.3, 0.4) is 0 Å². The monoisotopic (exact) mass is 606 g/mol. The van der Waals surface area contributed by atoms with Gasteiger partial charge in [-0.05, 0) is 36.1 Å². The van der Waals surface area contributed by atoms with Gasteiger partial charge in [-0.15, -0.1) is 11.3 Å². The lowest BCUT2D eigenvalue weighted by molar-refractivity contribution is -0.148. The second-order valence-electron chi connectivity index (χ2n) is 9.73. The minimum atomic E-state index is -4.58. The summed E-state index contributed by atoms with van der Waals surface area (Å²) in [6.45, 7) is 3.72. The van der Waals surface area contributed by atoms with E-state index < -0.39 is 29.7 Å². The van der Waals surface area contributed by atoms with Crippen LogP contribution in [0.25, 0.3) is 10.6 Å². The summed E-state index contributed by atoms with van der Waals surface area (Å²) in [5.74, 6) is -1.78. The summed E-state index contributed by atoms with van der Waals surface area (Å²) in [4.78, 5) is 47.3. The van der Waals surface area contributed by atoms with Crippen molar-refractivity contribution in [1.82, 2.24) is 30.6 Å². The maximum absolute atomic E-state index is 13.4. The zero-order chi connectivity index (χ0) is 29.3. The van der Waals surface area contributed by atoms with E-state index in [0.717, 1.165) is 47.7 Å². The third-order valence-corrected chi connectivity index (χ3v) is 8.59. The molecule has 1 saturated heterocycles. The number of benzene rings is 1. The van der Waals surface area contributed by atoms with Crippen LogP contribution in [0.5, 0.6) is 0 Å². The maximum atomic E-state index is 13.4. The molecule has 0 spiro atoms. The highest BCUT2D eigenvalue weighted by Gasteiger charge is 2.38. The third kappa shape index (κ3) is 6.07. The number of carbonyl (C=O) groups excluding carboxylic acids is 3. The summed E-state index contributed by atoms with van der Waals surface area (Å²) >= 11 is 7.07. The summed E-state index contributed by atoms with van der Waals surface area (Å²) in [5, 5.41) is 9.42. The summed E-state index contributed by atoms with van der Waals surface area (Å²) in [5.41, 5.74) is 0.953. The fourth-order valence-electron chi connectivity index (χ4n) is 4.89. The molecule has 0 bridgehead atoms. The Labute approximate surface area is 242 Å². The zero-order valence-electron chi connectivity index (χ0n) is 21.9. The van der Waals surface area contributed by atoms with Crippen molar-refractivity contribution in [3.05, 3.63) is 69.4 Å². The first-order valence-corrected chi connectivity index (χ1v) is 14.2. The van der Waals surface area contributed by atoms with Crippen LogP contribution in [-0.2, 0) is 22.3 Å². The smallest absolute Gasteiger partial charge is 0.350 e. The van der Waals surface area contributed by atoms with Gasteiger partial charge in [0.05, 0.1) is 5.92 Å². The van der Waals surface area contributed by atoms with Crippen molar-refractivity contribution < 1.29 is 27.6 Å². The lowest BCUT2D eigenvalue weighted by Crippen LogP contribution is -2.47. The van der Waals surface area contributed by atoms with Gasteiger partial charge in [-0.25, -0.2) is 9.99 Å². The number of hydrogen-bond acceptors (Lipinski definition) is 7. The van der Waals surface area contributed by atoms with Crippen LogP contribution in [0.15, 0.2) is 42.6 Å². The third-order valence-electron chi connectivity index (χ3n) is 7.10. The number of amides is 3. The highest BCUT2D eigenvalue weighted by molar-refractivity contribution is 7.17. The predicted octanol–water partition coefficient (Wildman–Crippen LogP) is 4.45. The van der Waals surface area contributed by atoms with Gasteiger partial charge in [0.25, 0.3) is 11.8 Å². The molecule has 14 heteroatoms. The quantitative estimate of drug-likeness (QED) is 0.411. The Bertz CT molecular complexity index is 1470. The van der Waals surface area contributed by atoms with Gasteiger partial charge < -0.3 is 10.6 Å². The van der Waals surface area contributed by atoms with Crippen LogP contribution in [-0.4, -0.2) is 57.3 Å². The van der Waals surface area contributed by atoms with Crippen molar-refractivity contribution in [3.8, 4) is 10.6 Å². The first kappa shape index (κ1) is 29.0. The number of alkyl halides is 3. The number of thiazole rings is 1. The minimum Gasteiger partial charge on any atom is -0.350 e. The molecular formula is C27H26ClF3N6O3S. The number of halogens is 4. The summed E-state index contributed by atoms with van der Waals surface area (Å²) in [7, 11) is 0. The first-order chi connectivity index (χ1) is 19.6. The molecular weight excluding hydrogens is 581 g/mol. The van der Waals surface area contributed by atoms with E-state index in [4.69, 9.17) is 11.6 Å². The second kappa shape index (κ2) is 11.7. The van der Waals surface area contributed by atoms with Crippen molar-refractivity contribution in [2.24, 2.45) is 5.92 Å². The average molecular weight is 607 g/mol. The number of pyridine rings is 1. The van der Waals surface area contributed by atoms with E-state index in [9.17, 15) is 27.6 Å². The van der Waals surface area contributed by atoms with Gasteiger partial charge in [0.1, 0.15) is 21.6 Å². The fourth-order valence-corrected chi connectivity index (χ4v) is 6.09. The average Bonchev–Trinajstić information content (AvgIpc) is 3.55. The molecule has 2 atom stereocenters. The first-order valence-electron chi connectivity index (χ1n) is 13.0. The highest BCUT2D eigenvalue weighted by Crippen LogP contribution is 2.33. The van der Waals surface area contributed by atoms with Crippen LogP contribution in [0, 0.1) is 5.92 Å². The standard InChI is InChI=1S/C27H26ClF3N6O3S/c1-2-15(23(38)34-20-18-7-4-3-6-17(18)14-36-10-5-11-37(36)26(20)40)12-33-24(39)21-22(28)35-25(41-21)16-8-9-19(32-13-16)27(29,30)31/h3-4,6-9,13,15,20H,2,5,10-12,14H2,1H3,(H,33,39)(H,34,38)/t15-,20+/m1/s1. The van der Waals surface area contributed by atoms with E-state index in [-0.39, 0.29) is 39.0 Å². The Morgan fingerprint density at radius 3 is 2.68 bits per heavy atom. The van der Waals surface area contributed by atoms with Gasteiger partial charge in [-0.2, -0.15) is 13.2 Å². The highest BCUT2D eigenvalue weighted by atomic mass is 35.5. The van der Waals surface area contributed by atoms with Crippen molar-refractivity contribution >= 4 is 40.7 Å². The van der Waals surface area contributed by atoms with E-state index >= 15 is 0 Å². The predicted molar refractivity (Wildman–Crippen MR) is 146 cm³/mol. The Morgan fingerprint density at radius 1 is 1.20 bits per heavy atom. The maximum Gasteiger partial charge on any atom is 0.433 e. The molecule has 9 nitrogen and oxygen atoms in total. The molecule has 41 heavy (non-hydrogen) atoms. The molecule has 2 aromatic heterocycles. The van der Waals surface area contributed by atoms with E-state index in [0.29, 0.717) is 19.5 Å². The van der Waals surface area contributed by atoms with Gasteiger partial charge in [0.2, 0.25) is 5.91 Å². The lowest BCUT2D eigenvalue weighted by atomic mass is 9.98. The van der Waals surface area contributed by atoms with Crippen molar-refractivity contribution in [2.45, 2.75) is 38.5 Å². The number of nitrogens with zero attached hydrogens (tertiary/aromatic N) is 4. The second-order valence-corrected chi connectivity index (χ2v) is 11.1. The molecule has 5 rings (SSSR count). The van der Waals surface area contributed by atoms with Gasteiger partial charge in [-0.1, -0.05) is 42.8 Å². The molecule has 0 saturated carbocycles. The topological polar surface area (TPSA) is 108 Å². The number of nitrogens with one attached hydrogen (secondary N) is 2. The van der Waals surface area contributed by atoms with Gasteiger partial charge in [0.15, 0.2) is 5.15 Å². The van der Waals surface area contributed by atoms with Crippen LogP contribution >= 0.6 is 22.9 Å². The molecule has 216 valence electrons. The van der Waals surface area contributed by atoms with Crippen LogP contribution in [0.2, 0.25) is 5.15 Å². The van der Waals surface area contributed by atoms with Gasteiger partial charge >= 0.3 is 6.18 Å². The molecule has 0 radical (unpaired) electrons. The van der Waals surface area contributed by atoms with Gasteiger partial charge in [0, 0.05) is 37.9 Å². The van der Waals surface area contributed by atoms with Crippen molar-refractivity contribution in [2.75, 3.05) is 19.6 Å². The lowest BCUT2D eigenvalue weighted by Gasteiger charge is -2.28. The number of hydrogen-bond donors (Lipinski definition) is 2. The van der Waals surface area contributed by atoms with E-state index in [1.807, 2.05) is 29.3 Å². The van der Waals surface area contributed by atoms with E-state index in [1.54, 1.807) is 11.9 Å². The molecule has 2 N–H and O–H groups in total. The number of aromatic nitrogens is 2. The molecule has 3 amide bonds. The summed E-state index contributed by atoms with van der Waals surface area (Å²) in [6.07, 6.45) is -2.31. The fraction of sp³-hybridized carbons (Fsp3) is 0.370. The van der Waals surface area contributed by atoms with Crippen molar-refractivity contribution in [1.29, 1.82) is 0 Å². The molecule has 2 aliphatic heterocycles. The Balaban J connectivity index is 1.26. The SMILES string of the molecule is CC[C@H](CNC(=O)c1sc(-c2ccc(C(F)(F)F)nc2)nc1Cl)C(=O)N[C@@H]1C(=O)N2CCCN2Cc2ccccc21. The largest absolute Gasteiger partial charge is 0.433 e. The van der Waals surface area contributed by atoms with Gasteiger partial charge in [-0.3, -0.25) is 24.4 Å². The molecule has 0 aliphatic carbocycles. The molecule has 1 aromatic carbocycles. The Hall–Kier alpha value is -3.55. The zero-order valence-corrected chi connectivity index (χ0v) is 23.4. The number of hydrazine groups is 1. The van der Waals surface area contributed by atoms with Crippen LogP contribution in [0.4, 0.5) is 13.2 Å².